The highest BCUT2D eigenvalue weighted by Crippen LogP contribution is 2.80. The predicted octanol–water partition coefficient (Wildman–Crippen LogP) is 2.56. The van der Waals surface area contributed by atoms with Crippen LogP contribution in [0.4, 0.5) is 0 Å². The standard InChI is InChI=1S/C34H47NO9/c1-7-35-16-32(17-39-3)23(37)14-24(41-5)34-21-13-20-22(40-4)15-33(44-18(2)36,26(30(34)35)28(42-6)29(32)34)25(21)27(20)43-31(38)19-11-9-8-10-12-19/h8-12,20-30,37H,7,13-17H2,1-6H3/t20?,21?,22-,23?,24?,25?,26?,27?,28?,29?,30?,32-,33+,34?/m0/s1. The topological polar surface area (TPSA) is 113 Å². The molecule has 0 amide bonds. The second-order valence-corrected chi connectivity index (χ2v) is 14.1. The minimum absolute atomic E-state index is 0.0367. The van der Waals surface area contributed by atoms with Crippen LogP contribution >= 0.6 is 0 Å². The van der Waals surface area contributed by atoms with Crippen LogP contribution in [0, 0.1) is 40.4 Å². The summed E-state index contributed by atoms with van der Waals surface area (Å²) in [7, 11) is 6.88. The molecule has 44 heavy (non-hydrogen) atoms. The maximum absolute atomic E-state index is 13.7. The molecular formula is C34H47NO9. The van der Waals surface area contributed by atoms with Crippen LogP contribution < -0.4 is 0 Å². The fourth-order valence-electron chi connectivity index (χ4n) is 12.2. The van der Waals surface area contributed by atoms with Crippen molar-refractivity contribution in [1.82, 2.24) is 4.90 Å². The molecular weight excluding hydrogens is 566 g/mol. The van der Waals surface area contributed by atoms with Gasteiger partial charge < -0.3 is 33.5 Å². The molecule has 7 bridgehead atoms. The number of nitrogens with zero attached hydrogens (tertiary/aromatic N) is 1. The Morgan fingerprint density at radius 2 is 1.75 bits per heavy atom. The normalized spacial score (nSPS) is 48.2. The third-order valence-electron chi connectivity index (χ3n) is 13.0. The number of carbonyl (C=O) groups excluding carboxylic acids is 2. The van der Waals surface area contributed by atoms with E-state index in [-0.39, 0.29) is 65.9 Å². The van der Waals surface area contributed by atoms with Gasteiger partial charge >= 0.3 is 11.9 Å². The van der Waals surface area contributed by atoms with Crippen molar-refractivity contribution in [2.24, 2.45) is 40.4 Å². The number of benzene rings is 1. The van der Waals surface area contributed by atoms with Gasteiger partial charge in [0.15, 0.2) is 0 Å². The van der Waals surface area contributed by atoms with Gasteiger partial charge in [-0.1, -0.05) is 25.1 Å². The molecule has 5 aliphatic carbocycles. The Hall–Kier alpha value is -2.08. The van der Waals surface area contributed by atoms with Crippen molar-refractivity contribution in [2.45, 2.75) is 75.3 Å². The van der Waals surface area contributed by atoms with Crippen molar-refractivity contribution >= 4 is 11.9 Å². The zero-order valence-corrected chi connectivity index (χ0v) is 26.6. The number of esters is 2. The molecule has 1 N–H and O–H groups in total. The summed E-state index contributed by atoms with van der Waals surface area (Å²) in [5.41, 5.74) is -1.61. The molecule has 10 nitrogen and oxygen atoms in total. The molecule has 1 spiro atoms. The van der Waals surface area contributed by atoms with Gasteiger partial charge in [0.05, 0.1) is 36.6 Å². The fraction of sp³-hybridized carbons (Fsp3) is 0.765. The summed E-state index contributed by atoms with van der Waals surface area (Å²) in [6, 6.07) is 9.02. The Balaban J connectivity index is 1.48. The van der Waals surface area contributed by atoms with E-state index >= 15 is 0 Å². The molecule has 1 saturated heterocycles. The van der Waals surface area contributed by atoms with Gasteiger partial charge in [0.25, 0.3) is 0 Å². The molecule has 6 aliphatic rings. The minimum atomic E-state index is -1.01. The number of fused-ring (bicyclic) bond motifs is 2. The maximum atomic E-state index is 13.7. The Labute approximate surface area is 259 Å². The number of hydrogen-bond acceptors (Lipinski definition) is 10. The molecule has 1 aromatic carbocycles. The van der Waals surface area contributed by atoms with Gasteiger partial charge in [0, 0.05) is 95.3 Å². The van der Waals surface area contributed by atoms with Crippen LogP contribution in [0.2, 0.25) is 0 Å². The summed E-state index contributed by atoms with van der Waals surface area (Å²) in [5.74, 6) is -1.57. The zero-order valence-electron chi connectivity index (χ0n) is 26.6. The van der Waals surface area contributed by atoms with Gasteiger partial charge in [-0.25, -0.2) is 4.79 Å². The molecule has 6 fully saturated rings. The molecule has 1 aromatic rings. The van der Waals surface area contributed by atoms with Crippen molar-refractivity contribution in [1.29, 1.82) is 0 Å². The van der Waals surface area contributed by atoms with Crippen molar-refractivity contribution in [3.05, 3.63) is 35.9 Å². The Morgan fingerprint density at radius 1 is 1.00 bits per heavy atom. The van der Waals surface area contributed by atoms with E-state index in [1.807, 2.05) is 18.2 Å². The molecule has 5 saturated carbocycles. The summed E-state index contributed by atoms with van der Waals surface area (Å²) in [5, 5.41) is 12.0. The van der Waals surface area contributed by atoms with E-state index in [9.17, 15) is 14.7 Å². The second-order valence-electron chi connectivity index (χ2n) is 14.1. The first-order valence-corrected chi connectivity index (χ1v) is 16.1. The maximum Gasteiger partial charge on any atom is 0.338 e. The number of aliphatic hydroxyl groups is 1. The van der Waals surface area contributed by atoms with Gasteiger partial charge in [0.2, 0.25) is 0 Å². The first-order valence-electron chi connectivity index (χ1n) is 16.1. The van der Waals surface area contributed by atoms with Crippen molar-refractivity contribution in [3.63, 3.8) is 0 Å². The Bertz CT molecular complexity index is 1280. The van der Waals surface area contributed by atoms with E-state index in [2.05, 4.69) is 11.8 Å². The molecule has 242 valence electrons. The third-order valence-corrected chi connectivity index (χ3v) is 13.0. The quantitative estimate of drug-likeness (QED) is 0.417. The molecule has 1 aliphatic heterocycles. The van der Waals surface area contributed by atoms with Crippen molar-refractivity contribution < 1.29 is 43.1 Å². The number of rotatable bonds is 9. The molecule has 11 unspecified atom stereocenters. The molecule has 0 aromatic heterocycles. The number of piperidine rings is 1. The van der Waals surface area contributed by atoms with Gasteiger partial charge in [-0.2, -0.15) is 0 Å². The predicted molar refractivity (Wildman–Crippen MR) is 158 cm³/mol. The van der Waals surface area contributed by atoms with Gasteiger partial charge in [-0.05, 0) is 31.0 Å². The first kappa shape index (κ1) is 30.6. The van der Waals surface area contributed by atoms with E-state index < -0.39 is 28.6 Å². The molecule has 0 radical (unpaired) electrons. The van der Waals surface area contributed by atoms with Crippen molar-refractivity contribution in [3.8, 4) is 0 Å². The van der Waals surface area contributed by atoms with E-state index in [0.717, 1.165) is 13.0 Å². The molecule has 10 heteroatoms. The fourth-order valence-corrected chi connectivity index (χ4v) is 12.2. The number of likely N-dealkylation sites (tertiary alicyclic amines) is 1. The van der Waals surface area contributed by atoms with Gasteiger partial charge in [-0.3, -0.25) is 9.69 Å². The largest absolute Gasteiger partial charge is 0.458 e. The summed E-state index contributed by atoms with van der Waals surface area (Å²) in [4.78, 5) is 29.4. The van der Waals surface area contributed by atoms with Crippen LogP contribution in [-0.4, -0.2) is 112 Å². The highest BCUT2D eigenvalue weighted by molar-refractivity contribution is 5.89. The number of methoxy groups -OCH3 is 4. The van der Waals surface area contributed by atoms with Crippen molar-refractivity contribution in [2.75, 3.05) is 48.1 Å². The third kappa shape index (κ3) is 3.64. The van der Waals surface area contributed by atoms with Gasteiger partial charge in [-0.15, -0.1) is 0 Å². The number of hydrogen-bond donors (Lipinski definition) is 1. The lowest BCUT2D eigenvalue weighted by Crippen LogP contribution is -2.79. The lowest BCUT2D eigenvalue weighted by atomic mass is 9.42. The number of carbonyl (C=O) groups is 2. The number of ether oxygens (including phenoxy) is 6. The number of aliphatic hydroxyl groups excluding tert-OH is 1. The Kier molecular flexibility index (Phi) is 7.46. The summed E-state index contributed by atoms with van der Waals surface area (Å²) >= 11 is 0. The van der Waals surface area contributed by atoms with E-state index in [4.69, 9.17) is 28.4 Å². The lowest BCUT2D eigenvalue weighted by molar-refractivity contribution is -0.297. The smallest absolute Gasteiger partial charge is 0.338 e. The average Bonchev–Trinajstić information content (AvgIpc) is 3.44. The summed E-state index contributed by atoms with van der Waals surface area (Å²) in [6.45, 7) is 5.40. The van der Waals surface area contributed by atoms with Crippen LogP contribution in [0.25, 0.3) is 0 Å². The first-order chi connectivity index (χ1) is 21.2. The van der Waals surface area contributed by atoms with E-state index in [0.29, 0.717) is 31.6 Å². The summed E-state index contributed by atoms with van der Waals surface area (Å²) in [6.07, 6.45) is -0.424. The van der Waals surface area contributed by atoms with Crippen LogP contribution in [0.15, 0.2) is 30.3 Å². The highest BCUT2D eigenvalue weighted by atomic mass is 16.6. The summed E-state index contributed by atoms with van der Waals surface area (Å²) < 4.78 is 38.3. The Morgan fingerprint density at radius 3 is 2.36 bits per heavy atom. The average molecular weight is 614 g/mol. The molecule has 1 heterocycles. The SMILES string of the molecule is CCN1C[C@]2(COC)C(O)CC(OC)C34C5CC6C(OC(=O)c7ccccc7)C5[C@](OC(C)=O)(C[C@@H]6OC)C(C(OC)C32)C14. The van der Waals surface area contributed by atoms with E-state index in [1.54, 1.807) is 40.6 Å². The van der Waals surface area contributed by atoms with Gasteiger partial charge in [0.1, 0.15) is 11.7 Å². The minimum Gasteiger partial charge on any atom is -0.458 e. The second kappa shape index (κ2) is 10.7. The molecule has 14 atom stereocenters. The van der Waals surface area contributed by atoms with E-state index in [1.165, 1.54) is 6.92 Å². The molecule has 7 rings (SSSR count). The monoisotopic (exact) mass is 613 g/mol. The van der Waals surface area contributed by atoms with Crippen LogP contribution in [-0.2, 0) is 33.2 Å². The van der Waals surface area contributed by atoms with Crippen LogP contribution in [0.3, 0.4) is 0 Å². The van der Waals surface area contributed by atoms with Crippen LogP contribution in [0.5, 0.6) is 0 Å². The lowest BCUT2D eigenvalue weighted by Gasteiger charge is -2.70. The highest BCUT2D eigenvalue weighted by Gasteiger charge is 2.89. The van der Waals surface area contributed by atoms with Crippen LogP contribution in [0.1, 0.15) is 43.5 Å². The zero-order chi connectivity index (χ0) is 31.2.